The van der Waals surface area contributed by atoms with Crippen molar-refractivity contribution in [3.05, 3.63) is 55.6 Å². The summed E-state index contributed by atoms with van der Waals surface area (Å²) in [5.74, 6) is -0.333. The van der Waals surface area contributed by atoms with Crippen LogP contribution in [0.3, 0.4) is 0 Å². The van der Waals surface area contributed by atoms with Gasteiger partial charge < -0.3 is 4.98 Å². The number of aryl methyl sites for hydroxylation is 2. The first-order valence-corrected chi connectivity index (χ1v) is 8.43. The van der Waals surface area contributed by atoms with E-state index in [1.54, 1.807) is 23.5 Å². The minimum atomic E-state index is -0.333. The number of nitrogens with one attached hydrogen (secondary N) is 1. The lowest BCUT2D eigenvalue weighted by molar-refractivity contribution is 0.627. The van der Waals surface area contributed by atoms with Gasteiger partial charge in [-0.05, 0) is 67.7 Å². The molecule has 0 bridgehead atoms. The molecule has 6 heteroatoms. The van der Waals surface area contributed by atoms with E-state index in [1.165, 1.54) is 33.6 Å². The van der Waals surface area contributed by atoms with Gasteiger partial charge in [0.1, 0.15) is 10.6 Å². The quantitative estimate of drug-likeness (QED) is 0.681. The Bertz CT molecular complexity index is 982. The van der Waals surface area contributed by atoms with E-state index in [2.05, 4.69) is 4.98 Å². The molecule has 3 aromatic rings. The van der Waals surface area contributed by atoms with Crippen LogP contribution in [0, 0.1) is 10.6 Å². The Hall–Kier alpha value is -1.79. The van der Waals surface area contributed by atoms with Crippen molar-refractivity contribution in [1.29, 1.82) is 0 Å². The molecule has 0 spiro atoms. The van der Waals surface area contributed by atoms with E-state index in [0.29, 0.717) is 10.5 Å². The average molecular weight is 332 g/mol. The minimum absolute atomic E-state index is 0.107. The second-order valence-corrected chi connectivity index (χ2v) is 6.95. The van der Waals surface area contributed by atoms with E-state index >= 15 is 0 Å². The van der Waals surface area contributed by atoms with E-state index in [9.17, 15) is 9.18 Å². The molecular weight excluding hydrogens is 319 g/mol. The van der Waals surface area contributed by atoms with Gasteiger partial charge in [0.2, 0.25) is 0 Å². The van der Waals surface area contributed by atoms with E-state index in [-0.39, 0.29) is 11.4 Å². The zero-order chi connectivity index (χ0) is 15.3. The standard InChI is InChI=1S/C16H13FN2OS2/c17-9-5-7-10(8-6-9)19-15(20)13-11-3-1-2-4-12(11)22-14(13)18-16(19)21/h5-8H,1-4H2,(H,18,21). The summed E-state index contributed by atoms with van der Waals surface area (Å²) >= 11 is 6.98. The van der Waals surface area contributed by atoms with Crippen molar-refractivity contribution in [2.75, 3.05) is 0 Å². The highest BCUT2D eigenvalue weighted by atomic mass is 32.1. The SMILES string of the molecule is O=c1c2c3c(sc2[nH]c(=S)n1-c1ccc(F)cc1)CCCC3. The van der Waals surface area contributed by atoms with Crippen LogP contribution in [0.2, 0.25) is 0 Å². The van der Waals surface area contributed by atoms with Gasteiger partial charge in [-0.15, -0.1) is 11.3 Å². The number of halogens is 1. The summed E-state index contributed by atoms with van der Waals surface area (Å²) in [6.45, 7) is 0. The molecule has 0 aliphatic heterocycles. The molecule has 0 radical (unpaired) electrons. The van der Waals surface area contributed by atoms with Gasteiger partial charge in [0.05, 0.1) is 11.1 Å². The maximum Gasteiger partial charge on any atom is 0.267 e. The second-order valence-electron chi connectivity index (χ2n) is 5.46. The van der Waals surface area contributed by atoms with E-state index < -0.39 is 0 Å². The number of thiophene rings is 1. The highest BCUT2D eigenvalue weighted by Crippen LogP contribution is 2.33. The van der Waals surface area contributed by atoms with Crippen molar-refractivity contribution in [3.8, 4) is 5.69 Å². The Morgan fingerprint density at radius 3 is 2.68 bits per heavy atom. The Labute approximate surface area is 135 Å². The molecule has 0 saturated heterocycles. The average Bonchev–Trinajstić information content (AvgIpc) is 2.87. The van der Waals surface area contributed by atoms with Gasteiger partial charge in [0, 0.05) is 4.88 Å². The van der Waals surface area contributed by atoms with Crippen molar-refractivity contribution in [2.24, 2.45) is 0 Å². The molecule has 1 aromatic carbocycles. The fraction of sp³-hybridized carbons (Fsp3) is 0.250. The Morgan fingerprint density at radius 1 is 1.18 bits per heavy atom. The number of hydrogen-bond acceptors (Lipinski definition) is 3. The predicted molar refractivity (Wildman–Crippen MR) is 89.2 cm³/mol. The zero-order valence-corrected chi connectivity index (χ0v) is 13.3. The predicted octanol–water partition coefficient (Wildman–Crippen LogP) is 4.13. The fourth-order valence-corrected chi connectivity index (χ4v) is 4.70. The molecule has 0 fully saturated rings. The van der Waals surface area contributed by atoms with Crippen LogP contribution in [0.5, 0.6) is 0 Å². The van der Waals surface area contributed by atoms with Gasteiger partial charge in [-0.25, -0.2) is 4.39 Å². The van der Waals surface area contributed by atoms with Gasteiger partial charge in [-0.3, -0.25) is 9.36 Å². The molecule has 0 atom stereocenters. The third-order valence-electron chi connectivity index (χ3n) is 4.10. The Balaban J connectivity index is 2.05. The summed E-state index contributed by atoms with van der Waals surface area (Å²) in [6, 6.07) is 5.82. The first-order chi connectivity index (χ1) is 10.6. The van der Waals surface area contributed by atoms with Crippen LogP contribution in [-0.4, -0.2) is 9.55 Å². The molecule has 2 aromatic heterocycles. The maximum absolute atomic E-state index is 13.1. The highest BCUT2D eigenvalue weighted by Gasteiger charge is 2.20. The lowest BCUT2D eigenvalue weighted by atomic mass is 9.97. The van der Waals surface area contributed by atoms with Crippen molar-refractivity contribution >= 4 is 33.8 Å². The lowest BCUT2D eigenvalue weighted by Gasteiger charge is -2.11. The van der Waals surface area contributed by atoms with Crippen LogP contribution in [-0.2, 0) is 12.8 Å². The molecule has 1 N–H and O–H groups in total. The summed E-state index contributed by atoms with van der Waals surface area (Å²) in [4.78, 5) is 18.3. The number of H-pyrrole nitrogens is 1. The molecule has 0 unspecified atom stereocenters. The van der Waals surface area contributed by atoms with E-state index in [4.69, 9.17) is 12.2 Å². The second kappa shape index (κ2) is 5.14. The van der Waals surface area contributed by atoms with Crippen LogP contribution < -0.4 is 5.56 Å². The normalized spacial score (nSPS) is 14.2. The molecular formula is C16H13FN2OS2. The van der Waals surface area contributed by atoms with Crippen LogP contribution in [0.4, 0.5) is 4.39 Å². The van der Waals surface area contributed by atoms with Crippen LogP contribution in [0.25, 0.3) is 15.9 Å². The number of hydrogen-bond donors (Lipinski definition) is 1. The van der Waals surface area contributed by atoms with Gasteiger partial charge in [0.25, 0.3) is 5.56 Å². The molecule has 112 valence electrons. The first-order valence-electron chi connectivity index (χ1n) is 7.20. The fourth-order valence-electron chi connectivity index (χ4n) is 3.06. The third kappa shape index (κ3) is 2.06. The number of fused-ring (bicyclic) bond motifs is 3. The van der Waals surface area contributed by atoms with Crippen LogP contribution in [0.1, 0.15) is 23.3 Å². The molecule has 3 nitrogen and oxygen atoms in total. The van der Waals surface area contributed by atoms with Crippen molar-refractivity contribution in [1.82, 2.24) is 9.55 Å². The van der Waals surface area contributed by atoms with Crippen molar-refractivity contribution in [2.45, 2.75) is 25.7 Å². The molecule has 1 aliphatic carbocycles. The molecule has 4 rings (SSSR count). The number of nitrogens with zero attached hydrogens (tertiary/aromatic N) is 1. The van der Waals surface area contributed by atoms with Crippen LogP contribution >= 0.6 is 23.6 Å². The van der Waals surface area contributed by atoms with Gasteiger partial charge in [0.15, 0.2) is 4.77 Å². The number of aromatic nitrogens is 2. The van der Waals surface area contributed by atoms with E-state index in [0.717, 1.165) is 29.5 Å². The summed E-state index contributed by atoms with van der Waals surface area (Å²) in [7, 11) is 0. The van der Waals surface area contributed by atoms with Gasteiger partial charge >= 0.3 is 0 Å². The Morgan fingerprint density at radius 2 is 1.91 bits per heavy atom. The smallest absolute Gasteiger partial charge is 0.267 e. The largest absolute Gasteiger partial charge is 0.323 e. The Kier molecular flexibility index (Phi) is 3.23. The number of rotatable bonds is 1. The topological polar surface area (TPSA) is 37.8 Å². The summed E-state index contributed by atoms with van der Waals surface area (Å²) in [6.07, 6.45) is 4.26. The maximum atomic E-state index is 13.1. The summed E-state index contributed by atoms with van der Waals surface area (Å²) in [5.41, 5.74) is 1.65. The van der Waals surface area contributed by atoms with Crippen LogP contribution in [0.15, 0.2) is 29.1 Å². The molecule has 22 heavy (non-hydrogen) atoms. The molecule has 1 aliphatic rings. The highest BCUT2D eigenvalue weighted by molar-refractivity contribution is 7.71. The minimum Gasteiger partial charge on any atom is -0.323 e. The van der Waals surface area contributed by atoms with Gasteiger partial charge in [-0.2, -0.15) is 0 Å². The van der Waals surface area contributed by atoms with Crippen molar-refractivity contribution < 1.29 is 4.39 Å². The van der Waals surface area contributed by atoms with E-state index in [1.807, 2.05) is 0 Å². The monoisotopic (exact) mass is 332 g/mol. The van der Waals surface area contributed by atoms with Crippen molar-refractivity contribution in [3.63, 3.8) is 0 Å². The summed E-state index contributed by atoms with van der Waals surface area (Å²) < 4.78 is 14.9. The summed E-state index contributed by atoms with van der Waals surface area (Å²) in [5, 5.41) is 0.748. The number of aromatic amines is 1. The number of benzene rings is 1. The molecule has 0 amide bonds. The molecule has 2 heterocycles. The first kappa shape index (κ1) is 13.8. The lowest BCUT2D eigenvalue weighted by Crippen LogP contribution is -2.21. The van der Waals surface area contributed by atoms with Gasteiger partial charge in [-0.1, -0.05) is 0 Å². The zero-order valence-electron chi connectivity index (χ0n) is 11.7. The molecule has 0 saturated carbocycles. The third-order valence-corrected chi connectivity index (χ3v) is 5.59.